The molecule has 0 N–H and O–H groups in total. The highest BCUT2D eigenvalue weighted by molar-refractivity contribution is 7.80. The van der Waals surface area contributed by atoms with E-state index >= 15 is 0 Å². The number of fused-ring (bicyclic) bond motifs is 1. The molecule has 0 saturated heterocycles. The lowest BCUT2D eigenvalue weighted by Crippen LogP contribution is -1.92. The van der Waals surface area contributed by atoms with Crippen molar-refractivity contribution in [1.82, 2.24) is 0 Å². The quantitative estimate of drug-likeness (QED) is 0.771. The van der Waals surface area contributed by atoms with Gasteiger partial charge in [0.25, 0.3) is 0 Å². The first-order valence-corrected chi connectivity index (χ1v) is 5.57. The normalized spacial score (nSPS) is 10.8. The van der Waals surface area contributed by atoms with Crippen molar-refractivity contribution < 1.29 is 9.13 Å². The molecule has 1 heterocycles. The number of ether oxygens (including phenoxy) is 1. The van der Waals surface area contributed by atoms with Gasteiger partial charge < -0.3 is 4.74 Å². The van der Waals surface area contributed by atoms with E-state index in [0.717, 1.165) is 9.60 Å². The first-order chi connectivity index (χ1) is 6.72. The first kappa shape index (κ1) is 9.80. The number of thiophene rings is 1. The smallest absolute Gasteiger partial charge is 0.141 e. The van der Waals surface area contributed by atoms with Crippen LogP contribution in [0.4, 0.5) is 4.39 Å². The molecule has 1 aromatic heterocycles. The van der Waals surface area contributed by atoms with E-state index in [9.17, 15) is 4.39 Å². The van der Waals surface area contributed by atoms with E-state index in [2.05, 4.69) is 12.6 Å². The molecule has 0 radical (unpaired) electrons. The molecule has 2 aromatic rings. The van der Waals surface area contributed by atoms with E-state index in [1.165, 1.54) is 16.7 Å². The molecule has 0 atom stereocenters. The minimum atomic E-state index is -0.195. The molecule has 0 fully saturated rings. The summed E-state index contributed by atoms with van der Waals surface area (Å²) in [5, 5.41) is 2.10. The van der Waals surface area contributed by atoms with Crippen LogP contribution in [0.25, 0.3) is 10.1 Å². The van der Waals surface area contributed by atoms with Crippen LogP contribution in [0.15, 0.2) is 22.4 Å². The highest BCUT2D eigenvalue weighted by atomic mass is 32.1. The van der Waals surface area contributed by atoms with E-state index in [1.807, 2.05) is 13.0 Å². The monoisotopic (exact) mass is 228 g/mol. The average molecular weight is 228 g/mol. The highest BCUT2D eigenvalue weighted by Gasteiger charge is 2.08. The van der Waals surface area contributed by atoms with E-state index in [0.29, 0.717) is 17.7 Å². The van der Waals surface area contributed by atoms with Crippen LogP contribution in [0.2, 0.25) is 0 Å². The van der Waals surface area contributed by atoms with Crippen molar-refractivity contribution in [1.29, 1.82) is 0 Å². The molecule has 2 rings (SSSR count). The van der Waals surface area contributed by atoms with Crippen LogP contribution in [0.3, 0.4) is 0 Å². The lowest BCUT2D eigenvalue weighted by molar-refractivity contribution is 0.333. The van der Waals surface area contributed by atoms with Crippen LogP contribution in [0.5, 0.6) is 5.75 Å². The molecule has 1 aromatic carbocycles. The molecule has 4 heteroatoms. The minimum absolute atomic E-state index is 0.195. The van der Waals surface area contributed by atoms with Gasteiger partial charge in [0, 0.05) is 20.4 Å². The van der Waals surface area contributed by atoms with Gasteiger partial charge in [0.15, 0.2) is 0 Å². The van der Waals surface area contributed by atoms with Gasteiger partial charge in [-0.1, -0.05) is 0 Å². The Kier molecular flexibility index (Phi) is 2.65. The Morgan fingerprint density at radius 2 is 2.29 bits per heavy atom. The number of hydrogen-bond acceptors (Lipinski definition) is 3. The predicted octanol–water partition coefficient (Wildman–Crippen LogP) is 3.73. The van der Waals surface area contributed by atoms with E-state index in [-0.39, 0.29) is 5.82 Å². The largest absolute Gasteiger partial charge is 0.493 e. The number of rotatable bonds is 2. The summed E-state index contributed by atoms with van der Waals surface area (Å²) in [5.41, 5.74) is 0. The number of halogens is 1. The van der Waals surface area contributed by atoms with Crippen LogP contribution < -0.4 is 4.74 Å². The molecule has 0 saturated carbocycles. The Bertz CT molecular complexity index is 464. The number of hydrogen-bond donors (Lipinski definition) is 1. The molecule has 0 spiro atoms. The van der Waals surface area contributed by atoms with Crippen LogP contribution in [0.1, 0.15) is 6.92 Å². The topological polar surface area (TPSA) is 9.23 Å². The molecule has 0 aliphatic rings. The Morgan fingerprint density at radius 3 is 3.00 bits per heavy atom. The van der Waals surface area contributed by atoms with Crippen LogP contribution in [-0.2, 0) is 0 Å². The van der Waals surface area contributed by atoms with Crippen LogP contribution >= 0.6 is 24.0 Å². The molecule has 0 amide bonds. The van der Waals surface area contributed by atoms with Crippen molar-refractivity contribution in [2.75, 3.05) is 6.61 Å². The van der Waals surface area contributed by atoms with Gasteiger partial charge >= 0.3 is 0 Å². The fourth-order valence-corrected chi connectivity index (χ4v) is 2.46. The standard InChI is InChI=1S/C10H9FOS2/c1-2-12-8-3-6-7(11)5-14-10(6)4-9(8)13/h3-5,13H,2H2,1H3. The van der Waals surface area contributed by atoms with Crippen molar-refractivity contribution in [2.45, 2.75) is 11.8 Å². The summed E-state index contributed by atoms with van der Waals surface area (Å²) in [5.74, 6) is 0.444. The Morgan fingerprint density at radius 1 is 1.50 bits per heavy atom. The van der Waals surface area contributed by atoms with Gasteiger partial charge in [0.2, 0.25) is 0 Å². The van der Waals surface area contributed by atoms with Crippen molar-refractivity contribution >= 4 is 34.1 Å². The van der Waals surface area contributed by atoms with Crippen molar-refractivity contribution in [3.05, 3.63) is 23.3 Å². The molecule has 0 unspecified atom stereocenters. The second kappa shape index (κ2) is 3.79. The van der Waals surface area contributed by atoms with Gasteiger partial charge in [0.05, 0.1) is 6.61 Å². The van der Waals surface area contributed by atoms with Gasteiger partial charge in [-0.3, -0.25) is 0 Å². The summed E-state index contributed by atoms with van der Waals surface area (Å²) in [7, 11) is 0. The lowest BCUT2D eigenvalue weighted by Gasteiger charge is -2.05. The Labute approximate surface area is 90.9 Å². The zero-order chi connectivity index (χ0) is 10.1. The summed E-state index contributed by atoms with van der Waals surface area (Å²) < 4.78 is 19.5. The zero-order valence-corrected chi connectivity index (χ0v) is 9.29. The maximum Gasteiger partial charge on any atom is 0.141 e. The molecule has 0 aliphatic heterocycles. The van der Waals surface area contributed by atoms with Crippen LogP contribution in [0, 0.1) is 5.82 Å². The third-order valence-corrected chi connectivity index (χ3v) is 3.17. The van der Waals surface area contributed by atoms with Crippen molar-refractivity contribution in [3.8, 4) is 5.75 Å². The van der Waals surface area contributed by atoms with E-state index < -0.39 is 0 Å². The lowest BCUT2D eigenvalue weighted by atomic mass is 10.2. The summed E-state index contributed by atoms with van der Waals surface area (Å²) in [6.07, 6.45) is 0. The Balaban J connectivity index is 2.61. The SMILES string of the molecule is CCOc1cc2c(F)csc2cc1S. The molecule has 14 heavy (non-hydrogen) atoms. The predicted molar refractivity (Wildman–Crippen MR) is 60.2 cm³/mol. The second-order valence-electron chi connectivity index (χ2n) is 2.83. The van der Waals surface area contributed by atoms with Gasteiger partial charge in [-0.15, -0.1) is 24.0 Å². The summed E-state index contributed by atoms with van der Waals surface area (Å²) in [6.45, 7) is 2.45. The fourth-order valence-electron chi connectivity index (χ4n) is 1.28. The summed E-state index contributed by atoms with van der Waals surface area (Å²) in [6, 6.07) is 3.53. The summed E-state index contributed by atoms with van der Waals surface area (Å²) >= 11 is 5.65. The average Bonchev–Trinajstić information content (AvgIpc) is 2.49. The zero-order valence-electron chi connectivity index (χ0n) is 7.58. The van der Waals surface area contributed by atoms with E-state index in [4.69, 9.17) is 4.74 Å². The molecular weight excluding hydrogens is 219 g/mol. The van der Waals surface area contributed by atoms with Gasteiger partial charge in [-0.2, -0.15) is 0 Å². The highest BCUT2D eigenvalue weighted by Crippen LogP contribution is 2.33. The third kappa shape index (κ3) is 1.60. The third-order valence-electron chi connectivity index (χ3n) is 1.91. The summed E-state index contributed by atoms with van der Waals surface area (Å²) in [4.78, 5) is 0.751. The van der Waals surface area contributed by atoms with Crippen LogP contribution in [-0.4, -0.2) is 6.61 Å². The minimum Gasteiger partial charge on any atom is -0.493 e. The first-order valence-electron chi connectivity index (χ1n) is 4.25. The molecular formula is C10H9FOS2. The number of benzene rings is 1. The Hall–Kier alpha value is -0.740. The molecule has 0 bridgehead atoms. The van der Waals surface area contributed by atoms with Gasteiger partial charge in [-0.25, -0.2) is 4.39 Å². The van der Waals surface area contributed by atoms with Crippen molar-refractivity contribution in [3.63, 3.8) is 0 Å². The van der Waals surface area contributed by atoms with E-state index in [1.54, 1.807) is 6.07 Å². The van der Waals surface area contributed by atoms with Crippen molar-refractivity contribution in [2.24, 2.45) is 0 Å². The maximum absolute atomic E-state index is 13.2. The maximum atomic E-state index is 13.2. The second-order valence-corrected chi connectivity index (χ2v) is 4.23. The number of thiol groups is 1. The molecule has 0 aliphatic carbocycles. The molecule has 74 valence electrons. The van der Waals surface area contributed by atoms with Gasteiger partial charge in [-0.05, 0) is 19.1 Å². The molecule has 1 nitrogen and oxygen atoms in total. The van der Waals surface area contributed by atoms with Gasteiger partial charge in [0.1, 0.15) is 11.6 Å². The fraction of sp³-hybridized carbons (Fsp3) is 0.200.